The van der Waals surface area contributed by atoms with Crippen LogP contribution in [0, 0.1) is 18.6 Å². The molecule has 1 N–H and O–H groups in total. The van der Waals surface area contributed by atoms with E-state index in [1.165, 1.54) is 24.5 Å². The van der Waals surface area contributed by atoms with Crippen molar-refractivity contribution < 1.29 is 23.4 Å². The van der Waals surface area contributed by atoms with Crippen LogP contribution in [0.4, 0.5) is 14.5 Å². The predicted molar refractivity (Wildman–Crippen MR) is 101 cm³/mol. The van der Waals surface area contributed by atoms with Gasteiger partial charge in [0.25, 0.3) is 5.91 Å². The van der Waals surface area contributed by atoms with Crippen LogP contribution in [0.5, 0.6) is 0 Å². The van der Waals surface area contributed by atoms with Gasteiger partial charge >= 0.3 is 0 Å². The normalized spacial score (nSPS) is 10.8. The fourth-order valence-electron chi connectivity index (χ4n) is 2.55. The van der Waals surface area contributed by atoms with E-state index in [0.717, 1.165) is 33.7 Å². The van der Waals surface area contributed by atoms with E-state index in [-0.39, 0.29) is 0 Å². The van der Waals surface area contributed by atoms with Gasteiger partial charge in [0.2, 0.25) is 0 Å². The van der Waals surface area contributed by atoms with E-state index in [0.29, 0.717) is 11.5 Å². The summed E-state index contributed by atoms with van der Waals surface area (Å²) >= 11 is 1.24. The van der Waals surface area contributed by atoms with Crippen LogP contribution in [0.1, 0.15) is 20.8 Å². The number of amides is 1. The lowest BCUT2D eigenvalue weighted by Crippen LogP contribution is -2.12. The third-order valence-corrected chi connectivity index (χ3v) is 5.06. The number of carbonyl (C=O) groups excluding carboxylic acids is 1. The molecular formula is C20H17F2NO3S. The van der Waals surface area contributed by atoms with Gasteiger partial charge in [-0.05, 0) is 53.9 Å². The highest BCUT2D eigenvalue weighted by Gasteiger charge is 2.16. The van der Waals surface area contributed by atoms with Gasteiger partial charge in [-0.15, -0.1) is 11.3 Å². The van der Waals surface area contributed by atoms with Crippen LogP contribution in [-0.2, 0) is 16.4 Å². The Hall–Kier alpha value is -2.61. The minimum atomic E-state index is -0.818. The number of carbonyl (C=O) groups is 1. The fourth-order valence-corrected chi connectivity index (χ4v) is 3.53. The van der Waals surface area contributed by atoms with Crippen LogP contribution in [-0.4, -0.2) is 13.0 Å². The molecule has 2 aromatic carbocycles. The summed E-state index contributed by atoms with van der Waals surface area (Å²) in [4.78, 5) is 23.2. The number of anilines is 1. The summed E-state index contributed by atoms with van der Waals surface area (Å²) in [5, 5.41) is 2.30. The Kier molecular flexibility index (Phi) is 5.95. The molecule has 7 heteroatoms. The molecule has 0 aliphatic rings. The highest BCUT2D eigenvalue weighted by molar-refractivity contribution is 7.17. The third-order valence-electron chi connectivity index (χ3n) is 3.94. The largest absolute Gasteiger partial charge is 0.316 e. The molecule has 1 aromatic heterocycles. The summed E-state index contributed by atoms with van der Waals surface area (Å²) < 4.78 is 27.4. The molecule has 1 amide bonds. The van der Waals surface area contributed by atoms with E-state index in [9.17, 15) is 13.6 Å². The van der Waals surface area contributed by atoms with Gasteiger partial charge in [0.15, 0.2) is 0 Å². The van der Waals surface area contributed by atoms with E-state index in [1.54, 1.807) is 12.1 Å². The average molecular weight is 389 g/mol. The molecule has 0 radical (unpaired) electrons. The summed E-state index contributed by atoms with van der Waals surface area (Å²) in [6.07, 6.45) is 0. The first-order chi connectivity index (χ1) is 13.0. The number of benzene rings is 2. The van der Waals surface area contributed by atoms with Crippen molar-refractivity contribution in [1.82, 2.24) is 0 Å². The quantitative estimate of drug-likeness (QED) is 0.458. The van der Waals surface area contributed by atoms with Gasteiger partial charge in [-0.3, -0.25) is 4.79 Å². The summed E-state index contributed by atoms with van der Waals surface area (Å²) in [6.45, 7) is 2.26. The molecule has 140 valence electrons. The van der Waals surface area contributed by atoms with Gasteiger partial charge in [0, 0.05) is 4.88 Å². The van der Waals surface area contributed by atoms with Crippen molar-refractivity contribution in [2.45, 2.75) is 13.5 Å². The van der Waals surface area contributed by atoms with E-state index in [2.05, 4.69) is 10.2 Å². The Morgan fingerprint density at radius 3 is 2.56 bits per heavy atom. The zero-order valence-corrected chi connectivity index (χ0v) is 15.5. The van der Waals surface area contributed by atoms with E-state index < -0.39 is 23.2 Å². The first-order valence-electron chi connectivity index (χ1n) is 8.10. The molecule has 0 aliphatic heterocycles. The minimum Gasteiger partial charge on any atom is -0.316 e. The van der Waals surface area contributed by atoms with Crippen molar-refractivity contribution in [3.63, 3.8) is 0 Å². The number of hydrogen-bond donors (Lipinski definition) is 1. The van der Waals surface area contributed by atoms with Crippen LogP contribution in [0.15, 0.2) is 48.5 Å². The van der Waals surface area contributed by atoms with Crippen LogP contribution in [0.3, 0.4) is 0 Å². The second kappa shape index (κ2) is 8.39. The predicted octanol–water partition coefficient (Wildman–Crippen LogP) is 5.33. The Morgan fingerprint density at radius 1 is 1.11 bits per heavy atom. The van der Waals surface area contributed by atoms with Crippen LogP contribution in [0.25, 0.3) is 10.4 Å². The molecule has 0 spiro atoms. The van der Waals surface area contributed by atoms with Gasteiger partial charge in [0.05, 0.1) is 12.0 Å². The second-order valence-electron chi connectivity index (χ2n) is 5.79. The minimum absolute atomic E-state index is 0.301. The first kappa shape index (κ1) is 19.2. The monoisotopic (exact) mass is 389 g/mol. The van der Waals surface area contributed by atoms with Crippen molar-refractivity contribution in [1.29, 1.82) is 0 Å². The highest BCUT2D eigenvalue weighted by Crippen LogP contribution is 2.32. The molecule has 1 heterocycles. The maximum absolute atomic E-state index is 13.7. The third kappa shape index (κ3) is 4.39. The SMILES string of the molecule is COOCc1ccc(C)c(-c2ccc(C(=O)Nc3c(F)cccc3F)s2)c1. The lowest BCUT2D eigenvalue weighted by atomic mass is 10.0. The zero-order chi connectivity index (χ0) is 19.4. The number of para-hydroxylation sites is 1. The molecule has 0 bridgehead atoms. The smallest absolute Gasteiger partial charge is 0.265 e. The molecule has 0 saturated heterocycles. The Labute approximate surface area is 159 Å². The summed E-state index contributed by atoms with van der Waals surface area (Å²) in [5.41, 5.74) is 2.45. The first-order valence-corrected chi connectivity index (χ1v) is 8.92. The van der Waals surface area contributed by atoms with Crippen molar-refractivity contribution in [3.8, 4) is 10.4 Å². The molecule has 0 saturated carbocycles. The van der Waals surface area contributed by atoms with E-state index in [1.807, 2.05) is 25.1 Å². The van der Waals surface area contributed by atoms with Crippen molar-refractivity contribution in [2.24, 2.45) is 0 Å². The molecule has 4 nitrogen and oxygen atoms in total. The lowest BCUT2D eigenvalue weighted by Gasteiger charge is -2.07. The fraction of sp³-hybridized carbons (Fsp3) is 0.150. The van der Waals surface area contributed by atoms with Crippen molar-refractivity contribution >= 4 is 22.9 Å². The number of hydrogen-bond acceptors (Lipinski definition) is 4. The molecular weight excluding hydrogens is 372 g/mol. The lowest BCUT2D eigenvalue weighted by molar-refractivity contribution is -0.282. The van der Waals surface area contributed by atoms with Gasteiger partial charge in [0.1, 0.15) is 23.9 Å². The Bertz CT molecular complexity index is 951. The van der Waals surface area contributed by atoms with Crippen LogP contribution < -0.4 is 5.32 Å². The maximum Gasteiger partial charge on any atom is 0.265 e. The number of aryl methyl sites for hydroxylation is 1. The van der Waals surface area contributed by atoms with Gasteiger partial charge in [-0.25, -0.2) is 18.6 Å². The Morgan fingerprint density at radius 2 is 1.85 bits per heavy atom. The van der Waals surface area contributed by atoms with Crippen LogP contribution >= 0.6 is 11.3 Å². The molecule has 0 fully saturated rings. The second-order valence-corrected chi connectivity index (χ2v) is 6.88. The van der Waals surface area contributed by atoms with E-state index in [4.69, 9.17) is 4.89 Å². The highest BCUT2D eigenvalue weighted by atomic mass is 32.1. The molecule has 0 atom stereocenters. The number of halogens is 2. The number of thiophene rings is 1. The topological polar surface area (TPSA) is 47.6 Å². The van der Waals surface area contributed by atoms with Gasteiger partial charge in [-0.1, -0.05) is 18.2 Å². The number of rotatable bonds is 6. The van der Waals surface area contributed by atoms with Gasteiger partial charge in [-0.2, -0.15) is 0 Å². The number of nitrogens with one attached hydrogen (secondary N) is 1. The zero-order valence-electron chi connectivity index (χ0n) is 14.7. The standard InChI is InChI=1S/C20H17F2NO3S/c1-12-6-7-13(11-26-25-2)10-14(12)17-8-9-18(27-17)20(24)23-19-15(21)4-3-5-16(19)22/h3-10H,11H2,1-2H3,(H,23,24). The molecule has 0 unspecified atom stereocenters. The summed E-state index contributed by atoms with van der Waals surface area (Å²) in [7, 11) is 1.44. The van der Waals surface area contributed by atoms with Gasteiger partial charge < -0.3 is 5.32 Å². The maximum atomic E-state index is 13.7. The molecule has 3 rings (SSSR count). The summed E-state index contributed by atoms with van der Waals surface area (Å²) in [5.74, 6) is -2.20. The van der Waals surface area contributed by atoms with Crippen molar-refractivity contribution in [3.05, 3.63) is 76.2 Å². The molecule has 3 aromatic rings. The molecule has 27 heavy (non-hydrogen) atoms. The summed E-state index contributed by atoms with van der Waals surface area (Å²) in [6, 6.07) is 12.7. The van der Waals surface area contributed by atoms with Crippen molar-refractivity contribution in [2.75, 3.05) is 12.4 Å². The van der Waals surface area contributed by atoms with E-state index >= 15 is 0 Å². The average Bonchev–Trinajstić information content (AvgIpc) is 3.14. The van der Waals surface area contributed by atoms with Crippen LogP contribution in [0.2, 0.25) is 0 Å². The Balaban J connectivity index is 1.83. The molecule has 0 aliphatic carbocycles.